The first-order valence-electron chi connectivity index (χ1n) is 7.40. The molecule has 1 saturated carbocycles. The Morgan fingerprint density at radius 2 is 2.22 bits per heavy atom. The number of aliphatic hydroxyl groups is 1. The molecule has 1 aromatic carbocycles. The maximum Gasteiger partial charge on any atom is 0.258 e. The van der Waals surface area contributed by atoms with E-state index in [9.17, 15) is 19.4 Å². The Labute approximate surface area is 132 Å². The van der Waals surface area contributed by atoms with Crippen LogP contribution in [-0.2, 0) is 7.05 Å². The largest absolute Gasteiger partial charge is 0.507 e. The number of nitrogens with one attached hydrogen (secondary N) is 1. The molecule has 3 rings (SSSR count). The number of aromatic hydroxyl groups is 1. The summed E-state index contributed by atoms with van der Waals surface area (Å²) in [6, 6.07) is 3.34. The molecule has 0 bridgehead atoms. The molecule has 1 aliphatic rings. The number of halogens is 1. The van der Waals surface area contributed by atoms with Crippen LogP contribution in [0.2, 0.25) is 0 Å². The van der Waals surface area contributed by atoms with Gasteiger partial charge >= 0.3 is 0 Å². The molecule has 3 N–H and O–H groups in total. The van der Waals surface area contributed by atoms with Gasteiger partial charge in [-0.05, 0) is 30.9 Å². The van der Waals surface area contributed by atoms with E-state index in [2.05, 4.69) is 10.4 Å². The first-order valence-corrected chi connectivity index (χ1v) is 7.40. The number of carbonyl (C=O) groups excluding carboxylic acids is 1. The van der Waals surface area contributed by atoms with Crippen LogP contribution in [0.4, 0.5) is 4.39 Å². The summed E-state index contributed by atoms with van der Waals surface area (Å²) >= 11 is 0. The van der Waals surface area contributed by atoms with Crippen LogP contribution in [0.25, 0.3) is 0 Å². The standard InChI is InChI=1S/C16H18FN3O3/c1-20-8-10(7-18-20)15(9-5-11(21)6-9)19-16(23)14-12(17)3-2-4-13(14)22/h2-4,7-9,11,15,21-22H,5-6H2,1H3,(H,19,23)/t9?,11?,15-/m1/s1. The van der Waals surface area contributed by atoms with Gasteiger partial charge in [0.1, 0.15) is 17.1 Å². The predicted molar refractivity (Wildman–Crippen MR) is 80.2 cm³/mol. The van der Waals surface area contributed by atoms with Crippen LogP contribution >= 0.6 is 0 Å². The SMILES string of the molecule is Cn1cc([C@H](NC(=O)c2c(O)cccc2F)C2CC(O)C2)cn1. The fourth-order valence-electron chi connectivity index (χ4n) is 2.93. The highest BCUT2D eigenvalue weighted by Crippen LogP contribution is 2.38. The van der Waals surface area contributed by atoms with Gasteiger partial charge < -0.3 is 15.5 Å². The van der Waals surface area contributed by atoms with Crippen molar-refractivity contribution in [1.29, 1.82) is 0 Å². The molecule has 1 aliphatic carbocycles. The third-order valence-electron chi connectivity index (χ3n) is 4.21. The van der Waals surface area contributed by atoms with Crippen molar-refractivity contribution in [2.45, 2.75) is 25.0 Å². The van der Waals surface area contributed by atoms with Gasteiger partial charge in [0.25, 0.3) is 5.91 Å². The number of hydrogen-bond acceptors (Lipinski definition) is 4. The van der Waals surface area contributed by atoms with Crippen molar-refractivity contribution in [1.82, 2.24) is 15.1 Å². The Hall–Kier alpha value is -2.41. The molecule has 0 radical (unpaired) electrons. The number of carbonyl (C=O) groups is 1. The Bertz CT molecular complexity index is 705. The first kappa shape index (κ1) is 15.5. The lowest BCUT2D eigenvalue weighted by molar-refractivity contribution is 0.0234. The average Bonchev–Trinajstić information content (AvgIpc) is 2.88. The summed E-state index contributed by atoms with van der Waals surface area (Å²) in [5, 5.41) is 26.1. The Kier molecular flexibility index (Phi) is 4.04. The molecular weight excluding hydrogens is 301 g/mol. The van der Waals surface area contributed by atoms with Crippen molar-refractivity contribution in [3.63, 3.8) is 0 Å². The van der Waals surface area contributed by atoms with Gasteiger partial charge in [-0.3, -0.25) is 9.48 Å². The highest BCUT2D eigenvalue weighted by molar-refractivity contribution is 5.97. The van der Waals surface area contributed by atoms with E-state index in [4.69, 9.17) is 0 Å². The molecule has 1 amide bonds. The van der Waals surface area contributed by atoms with Gasteiger partial charge in [0, 0.05) is 18.8 Å². The van der Waals surface area contributed by atoms with Crippen molar-refractivity contribution >= 4 is 5.91 Å². The van der Waals surface area contributed by atoms with Crippen molar-refractivity contribution < 1.29 is 19.4 Å². The van der Waals surface area contributed by atoms with E-state index >= 15 is 0 Å². The second-order valence-electron chi connectivity index (χ2n) is 5.92. The third kappa shape index (κ3) is 3.05. The number of phenolic OH excluding ortho intramolecular Hbond substituents is 1. The number of aromatic nitrogens is 2. The van der Waals surface area contributed by atoms with Gasteiger partial charge in [0.05, 0.1) is 18.3 Å². The van der Waals surface area contributed by atoms with Crippen molar-refractivity contribution in [3.8, 4) is 5.75 Å². The topological polar surface area (TPSA) is 87.4 Å². The van der Waals surface area contributed by atoms with E-state index in [1.165, 1.54) is 12.1 Å². The Morgan fingerprint density at radius 1 is 1.48 bits per heavy atom. The minimum absolute atomic E-state index is 0.0482. The summed E-state index contributed by atoms with van der Waals surface area (Å²) < 4.78 is 15.5. The second kappa shape index (κ2) is 6.00. The van der Waals surface area contributed by atoms with Crippen LogP contribution in [-0.4, -0.2) is 32.0 Å². The van der Waals surface area contributed by atoms with Crippen molar-refractivity contribution in [2.75, 3.05) is 0 Å². The zero-order chi connectivity index (χ0) is 16.6. The maximum absolute atomic E-state index is 13.8. The van der Waals surface area contributed by atoms with E-state index in [-0.39, 0.29) is 17.6 Å². The number of hydrogen-bond donors (Lipinski definition) is 3. The minimum Gasteiger partial charge on any atom is -0.507 e. The zero-order valence-corrected chi connectivity index (χ0v) is 12.6. The summed E-state index contributed by atoms with van der Waals surface area (Å²) in [5.41, 5.74) is 0.412. The number of amides is 1. The van der Waals surface area contributed by atoms with Crippen LogP contribution < -0.4 is 5.32 Å². The Morgan fingerprint density at radius 3 is 2.78 bits per heavy atom. The summed E-state index contributed by atoms with van der Waals surface area (Å²) in [4.78, 5) is 12.4. The molecule has 1 aromatic heterocycles. The lowest BCUT2D eigenvalue weighted by Gasteiger charge is -2.37. The maximum atomic E-state index is 13.8. The molecule has 0 aliphatic heterocycles. The van der Waals surface area contributed by atoms with Gasteiger partial charge in [0.2, 0.25) is 0 Å². The monoisotopic (exact) mass is 319 g/mol. The molecule has 122 valence electrons. The van der Waals surface area contributed by atoms with E-state index in [1.807, 2.05) is 0 Å². The number of aryl methyl sites for hydroxylation is 1. The second-order valence-corrected chi connectivity index (χ2v) is 5.92. The summed E-state index contributed by atoms with van der Waals surface area (Å²) in [6.07, 6.45) is 4.15. The van der Waals surface area contributed by atoms with Crippen LogP contribution in [0, 0.1) is 11.7 Å². The molecule has 23 heavy (non-hydrogen) atoms. The third-order valence-corrected chi connectivity index (χ3v) is 4.21. The molecule has 1 heterocycles. The molecule has 1 fully saturated rings. The quantitative estimate of drug-likeness (QED) is 0.797. The minimum atomic E-state index is -0.777. The van der Waals surface area contributed by atoms with E-state index in [0.717, 1.165) is 11.6 Å². The Balaban J connectivity index is 1.85. The highest BCUT2D eigenvalue weighted by Gasteiger charge is 2.36. The van der Waals surface area contributed by atoms with Crippen molar-refractivity contribution in [3.05, 3.63) is 47.5 Å². The number of aliphatic hydroxyl groups excluding tert-OH is 1. The molecule has 0 unspecified atom stereocenters. The highest BCUT2D eigenvalue weighted by atomic mass is 19.1. The van der Waals surface area contributed by atoms with Crippen LogP contribution in [0.15, 0.2) is 30.6 Å². The van der Waals surface area contributed by atoms with Gasteiger partial charge in [-0.25, -0.2) is 4.39 Å². The molecule has 0 saturated heterocycles. The molecular formula is C16H18FN3O3. The van der Waals surface area contributed by atoms with Crippen LogP contribution in [0.1, 0.15) is 34.8 Å². The van der Waals surface area contributed by atoms with E-state index in [0.29, 0.717) is 12.8 Å². The zero-order valence-electron chi connectivity index (χ0n) is 12.6. The smallest absolute Gasteiger partial charge is 0.258 e. The van der Waals surface area contributed by atoms with Crippen molar-refractivity contribution in [2.24, 2.45) is 13.0 Å². The van der Waals surface area contributed by atoms with E-state index < -0.39 is 23.5 Å². The summed E-state index contributed by atoms with van der Waals surface area (Å²) in [7, 11) is 1.76. The fourth-order valence-corrected chi connectivity index (χ4v) is 2.93. The number of nitrogens with zero attached hydrogens (tertiary/aromatic N) is 2. The summed E-state index contributed by atoms with van der Waals surface area (Å²) in [5.74, 6) is -1.81. The lowest BCUT2D eigenvalue weighted by atomic mass is 9.75. The van der Waals surface area contributed by atoms with Gasteiger partial charge in [0.15, 0.2) is 0 Å². The average molecular weight is 319 g/mol. The van der Waals surface area contributed by atoms with Gasteiger partial charge in [-0.1, -0.05) is 6.07 Å². The number of benzene rings is 1. The van der Waals surface area contributed by atoms with Crippen LogP contribution in [0.3, 0.4) is 0 Å². The van der Waals surface area contributed by atoms with Gasteiger partial charge in [-0.2, -0.15) is 5.10 Å². The molecule has 2 aromatic rings. The molecule has 7 heteroatoms. The molecule has 1 atom stereocenters. The van der Waals surface area contributed by atoms with Crippen LogP contribution in [0.5, 0.6) is 5.75 Å². The number of rotatable bonds is 4. The normalized spacial score (nSPS) is 21.5. The fraction of sp³-hybridized carbons (Fsp3) is 0.375. The van der Waals surface area contributed by atoms with E-state index in [1.54, 1.807) is 24.1 Å². The van der Waals surface area contributed by atoms with Gasteiger partial charge in [-0.15, -0.1) is 0 Å². The molecule has 0 spiro atoms. The summed E-state index contributed by atoms with van der Waals surface area (Å²) in [6.45, 7) is 0. The predicted octanol–water partition coefficient (Wildman–Crippen LogP) is 1.51. The molecule has 6 nitrogen and oxygen atoms in total. The lowest BCUT2D eigenvalue weighted by Crippen LogP contribution is -2.41. The number of phenols is 1. The first-order chi connectivity index (χ1) is 11.0.